The lowest BCUT2D eigenvalue weighted by molar-refractivity contribution is 0.226. The Hall–Kier alpha value is -1.73. The molecule has 0 aliphatic heterocycles. The molecule has 0 aromatic heterocycles. The third-order valence-corrected chi connectivity index (χ3v) is 2.97. The molecule has 98 valence electrons. The zero-order valence-corrected chi connectivity index (χ0v) is 11.1. The van der Waals surface area contributed by atoms with E-state index in [1.807, 2.05) is 31.3 Å². The second-order valence-electron chi connectivity index (χ2n) is 4.43. The highest BCUT2D eigenvalue weighted by atomic mass is 16.5. The van der Waals surface area contributed by atoms with E-state index in [0.29, 0.717) is 18.7 Å². The Morgan fingerprint density at radius 1 is 1.44 bits per heavy atom. The lowest BCUT2D eigenvalue weighted by atomic mass is 10.2. The third kappa shape index (κ3) is 4.64. The smallest absolute Gasteiger partial charge is 0.142 e. The number of benzene rings is 1. The molecule has 1 rings (SSSR count). The van der Waals surface area contributed by atoms with Crippen molar-refractivity contribution in [3.05, 3.63) is 24.3 Å². The van der Waals surface area contributed by atoms with E-state index in [2.05, 4.69) is 17.9 Å². The maximum absolute atomic E-state index is 8.62. The molecule has 0 bridgehead atoms. The van der Waals surface area contributed by atoms with E-state index in [9.17, 15) is 0 Å². The zero-order chi connectivity index (χ0) is 13.4. The van der Waals surface area contributed by atoms with Crippen LogP contribution in [-0.4, -0.2) is 31.1 Å². The van der Waals surface area contributed by atoms with Crippen molar-refractivity contribution in [2.75, 3.05) is 25.9 Å². The highest BCUT2D eigenvalue weighted by Crippen LogP contribution is 2.19. The van der Waals surface area contributed by atoms with Crippen LogP contribution in [0.3, 0.4) is 0 Å². The van der Waals surface area contributed by atoms with E-state index in [0.717, 1.165) is 18.7 Å². The summed E-state index contributed by atoms with van der Waals surface area (Å²) in [5.41, 5.74) is 6.45. The summed E-state index contributed by atoms with van der Waals surface area (Å²) >= 11 is 0. The van der Waals surface area contributed by atoms with Gasteiger partial charge in [0.05, 0.1) is 24.8 Å². The lowest BCUT2D eigenvalue weighted by Crippen LogP contribution is -2.30. The Kier molecular flexibility index (Phi) is 6.03. The van der Waals surface area contributed by atoms with E-state index in [4.69, 9.17) is 15.7 Å². The average molecular weight is 247 g/mol. The van der Waals surface area contributed by atoms with Crippen molar-refractivity contribution >= 4 is 5.69 Å². The van der Waals surface area contributed by atoms with Gasteiger partial charge in [-0.25, -0.2) is 0 Å². The van der Waals surface area contributed by atoms with Crippen LogP contribution in [0.2, 0.25) is 0 Å². The van der Waals surface area contributed by atoms with Gasteiger partial charge in [-0.3, -0.25) is 0 Å². The molecule has 1 aromatic rings. The number of para-hydroxylation sites is 2. The molecule has 0 aliphatic rings. The number of anilines is 1. The van der Waals surface area contributed by atoms with Crippen molar-refractivity contribution in [3.8, 4) is 11.8 Å². The summed E-state index contributed by atoms with van der Waals surface area (Å²) in [5, 5.41) is 8.62. The number of nitrogens with zero attached hydrogens (tertiary/aromatic N) is 2. The first kappa shape index (κ1) is 14.3. The van der Waals surface area contributed by atoms with Crippen molar-refractivity contribution in [1.29, 1.82) is 5.26 Å². The van der Waals surface area contributed by atoms with Gasteiger partial charge in [0.15, 0.2) is 0 Å². The molecule has 0 saturated carbocycles. The summed E-state index contributed by atoms with van der Waals surface area (Å²) in [7, 11) is 2.03. The van der Waals surface area contributed by atoms with Crippen molar-refractivity contribution < 1.29 is 4.74 Å². The Morgan fingerprint density at radius 3 is 2.83 bits per heavy atom. The fraction of sp³-hybridized carbons (Fsp3) is 0.500. The number of nitriles is 1. The summed E-state index contributed by atoms with van der Waals surface area (Å²) in [5.74, 6) is 0.741. The molecule has 1 unspecified atom stereocenters. The quantitative estimate of drug-likeness (QED) is 0.593. The molecule has 0 saturated heterocycles. The maximum Gasteiger partial charge on any atom is 0.142 e. The van der Waals surface area contributed by atoms with Gasteiger partial charge in [-0.2, -0.15) is 5.26 Å². The van der Waals surface area contributed by atoms with Crippen molar-refractivity contribution in [2.45, 2.75) is 25.8 Å². The molecule has 2 N–H and O–H groups in total. The predicted octanol–water partition coefficient (Wildman–Crippen LogP) is 2.27. The van der Waals surface area contributed by atoms with Crippen LogP contribution in [0.4, 0.5) is 5.69 Å². The lowest BCUT2D eigenvalue weighted by Gasteiger charge is -2.22. The van der Waals surface area contributed by atoms with Gasteiger partial charge in [0.25, 0.3) is 0 Å². The fourth-order valence-electron chi connectivity index (χ4n) is 1.62. The minimum Gasteiger partial charge on any atom is -0.491 e. The summed E-state index contributed by atoms with van der Waals surface area (Å²) in [6, 6.07) is 9.97. The molecular weight excluding hydrogens is 226 g/mol. The molecule has 4 nitrogen and oxygen atoms in total. The van der Waals surface area contributed by atoms with Crippen LogP contribution in [-0.2, 0) is 0 Å². The second-order valence-corrected chi connectivity index (χ2v) is 4.43. The molecule has 0 fully saturated rings. The number of hydrogen-bond acceptors (Lipinski definition) is 4. The molecule has 0 heterocycles. The first-order chi connectivity index (χ1) is 8.65. The summed E-state index contributed by atoms with van der Waals surface area (Å²) < 4.78 is 5.61. The van der Waals surface area contributed by atoms with Gasteiger partial charge in [-0.05, 0) is 32.5 Å². The molecule has 0 amide bonds. The number of hydrogen-bond donors (Lipinski definition) is 1. The molecular formula is C14H21N3O. The van der Waals surface area contributed by atoms with Crippen molar-refractivity contribution in [1.82, 2.24) is 4.90 Å². The van der Waals surface area contributed by atoms with Gasteiger partial charge in [0.2, 0.25) is 0 Å². The normalized spacial score (nSPS) is 12.1. The molecule has 0 aliphatic carbocycles. The highest BCUT2D eigenvalue weighted by Gasteiger charge is 2.07. The molecule has 0 radical (unpaired) electrons. The van der Waals surface area contributed by atoms with E-state index in [1.54, 1.807) is 0 Å². The minimum absolute atomic E-state index is 0.289. The number of rotatable bonds is 7. The summed E-state index contributed by atoms with van der Waals surface area (Å²) in [6.07, 6.45) is 1.48. The predicted molar refractivity (Wildman–Crippen MR) is 73.3 cm³/mol. The zero-order valence-electron chi connectivity index (χ0n) is 11.1. The number of nitrogens with two attached hydrogens (primary N) is 1. The fourth-order valence-corrected chi connectivity index (χ4v) is 1.62. The van der Waals surface area contributed by atoms with Crippen LogP contribution in [0.25, 0.3) is 0 Å². The topological polar surface area (TPSA) is 62.3 Å². The van der Waals surface area contributed by atoms with Crippen LogP contribution in [0.1, 0.15) is 19.8 Å². The molecule has 1 aromatic carbocycles. The van der Waals surface area contributed by atoms with Gasteiger partial charge < -0.3 is 15.4 Å². The van der Waals surface area contributed by atoms with E-state index < -0.39 is 0 Å². The van der Waals surface area contributed by atoms with E-state index in [1.165, 1.54) is 0 Å². The molecule has 1 atom stereocenters. The van der Waals surface area contributed by atoms with Gasteiger partial charge in [-0.15, -0.1) is 0 Å². The van der Waals surface area contributed by atoms with Crippen LogP contribution < -0.4 is 10.5 Å². The standard InChI is InChI=1S/C14H21N3O/c1-12(8-9-15)17(2)10-5-11-18-14-7-4-3-6-13(14)16/h3-4,6-7,12H,5,8,10-11,16H2,1-2H3. The van der Waals surface area contributed by atoms with Crippen molar-refractivity contribution in [2.24, 2.45) is 0 Å². The van der Waals surface area contributed by atoms with Crippen LogP contribution in [0.15, 0.2) is 24.3 Å². The Morgan fingerprint density at radius 2 is 2.17 bits per heavy atom. The largest absolute Gasteiger partial charge is 0.491 e. The molecule has 18 heavy (non-hydrogen) atoms. The Balaban J connectivity index is 2.23. The van der Waals surface area contributed by atoms with E-state index in [-0.39, 0.29) is 6.04 Å². The number of nitrogen functional groups attached to an aromatic ring is 1. The van der Waals surface area contributed by atoms with Gasteiger partial charge in [-0.1, -0.05) is 12.1 Å². The third-order valence-electron chi connectivity index (χ3n) is 2.97. The van der Waals surface area contributed by atoms with Gasteiger partial charge >= 0.3 is 0 Å². The summed E-state index contributed by atoms with van der Waals surface area (Å²) in [6.45, 7) is 3.60. The minimum atomic E-state index is 0.289. The van der Waals surface area contributed by atoms with Crippen LogP contribution in [0, 0.1) is 11.3 Å². The van der Waals surface area contributed by atoms with Crippen molar-refractivity contribution in [3.63, 3.8) is 0 Å². The monoisotopic (exact) mass is 247 g/mol. The van der Waals surface area contributed by atoms with Gasteiger partial charge in [0, 0.05) is 12.6 Å². The average Bonchev–Trinajstić information content (AvgIpc) is 2.36. The Labute approximate surface area is 109 Å². The van der Waals surface area contributed by atoms with Gasteiger partial charge in [0.1, 0.15) is 5.75 Å². The van der Waals surface area contributed by atoms with Crippen LogP contribution in [0.5, 0.6) is 5.75 Å². The SMILES string of the molecule is CC(CC#N)N(C)CCCOc1ccccc1N. The number of ether oxygens (including phenoxy) is 1. The first-order valence-electron chi connectivity index (χ1n) is 6.19. The second kappa shape index (κ2) is 7.57. The van der Waals surface area contributed by atoms with E-state index >= 15 is 0 Å². The Bertz CT molecular complexity index is 400. The maximum atomic E-state index is 8.62. The van der Waals surface area contributed by atoms with Crippen LogP contribution >= 0.6 is 0 Å². The highest BCUT2D eigenvalue weighted by molar-refractivity contribution is 5.51. The molecule has 4 heteroatoms. The summed E-state index contributed by atoms with van der Waals surface area (Å²) in [4.78, 5) is 2.17. The first-order valence-corrected chi connectivity index (χ1v) is 6.19. The molecule has 0 spiro atoms.